The third kappa shape index (κ3) is 3.75. The average molecular weight is 433 g/mol. The first-order valence-electron chi connectivity index (χ1n) is 10.6. The molecule has 4 aromatic rings. The molecule has 0 fully saturated rings. The van der Waals surface area contributed by atoms with Crippen LogP contribution >= 0.6 is 0 Å². The summed E-state index contributed by atoms with van der Waals surface area (Å²) in [5, 5.41) is 3.19. The van der Waals surface area contributed by atoms with E-state index in [9.17, 15) is 9.59 Å². The van der Waals surface area contributed by atoms with Crippen molar-refractivity contribution in [3.63, 3.8) is 0 Å². The van der Waals surface area contributed by atoms with Crippen LogP contribution in [0.2, 0.25) is 0 Å². The molecule has 0 aliphatic carbocycles. The molecule has 164 valence electrons. The van der Waals surface area contributed by atoms with Gasteiger partial charge in [-0.2, -0.15) is 0 Å². The highest BCUT2D eigenvalue weighted by Crippen LogP contribution is 2.20. The maximum Gasteiger partial charge on any atom is 0.278 e. The first-order chi connectivity index (χ1) is 15.4. The lowest BCUT2D eigenvalue weighted by Gasteiger charge is -2.12. The number of aryl methyl sites for hydroxylation is 2. The van der Waals surface area contributed by atoms with Gasteiger partial charge in [0.05, 0.1) is 13.2 Å². The Morgan fingerprint density at radius 2 is 1.97 bits per heavy atom. The average Bonchev–Trinajstić information content (AvgIpc) is 2.78. The Balaban J connectivity index is 1.85. The fourth-order valence-electron chi connectivity index (χ4n) is 3.74. The zero-order valence-electron chi connectivity index (χ0n) is 18.4. The van der Waals surface area contributed by atoms with Crippen LogP contribution in [-0.2, 0) is 6.54 Å². The first-order valence-corrected chi connectivity index (χ1v) is 10.6. The summed E-state index contributed by atoms with van der Waals surface area (Å²) >= 11 is 0. The molecule has 0 unspecified atom stereocenters. The number of benzene rings is 1. The highest BCUT2D eigenvalue weighted by Gasteiger charge is 2.24. The summed E-state index contributed by atoms with van der Waals surface area (Å²) in [5.74, 6) is 0.595. The second-order valence-corrected chi connectivity index (χ2v) is 7.55. The summed E-state index contributed by atoms with van der Waals surface area (Å²) in [6, 6.07) is 12.3. The molecule has 0 atom stereocenters. The molecule has 0 aliphatic rings. The lowest BCUT2D eigenvalue weighted by molar-refractivity contribution is -0.658. The van der Waals surface area contributed by atoms with Crippen molar-refractivity contribution >= 4 is 34.1 Å². The summed E-state index contributed by atoms with van der Waals surface area (Å²) in [6.45, 7) is 6.91. The molecule has 1 amide bonds. The van der Waals surface area contributed by atoms with Gasteiger partial charge in [0.1, 0.15) is 16.7 Å². The standard InChI is InChI=1S/C24H25N5O3/c1-4-12-28-20(25)18(23(30)26-16-8-10-17(11-9-16)32-5-2)14-19-22(28)27-21-15(3)7-6-13-29(21)24(19)31/h6-11,13-14,25H,4-5,12H2,1-3H3,(H,26,30)/p+1. The van der Waals surface area contributed by atoms with Crippen molar-refractivity contribution in [2.24, 2.45) is 0 Å². The minimum absolute atomic E-state index is 0.228. The monoisotopic (exact) mass is 432 g/mol. The number of hydrogen-bond donors (Lipinski definition) is 2. The minimum Gasteiger partial charge on any atom is -0.494 e. The highest BCUT2D eigenvalue weighted by molar-refractivity contribution is 6.08. The Hall–Kier alpha value is -3.94. The van der Waals surface area contributed by atoms with Gasteiger partial charge in [-0.15, -0.1) is 0 Å². The number of nitrogens with one attached hydrogen (secondary N) is 1. The fraction of sp³-hybridized carbons (Fsp3) is 0.250. The van der Waals surface area contributed by atoms with E-state index in [-0.39, 0.29) is 16.9 Å². The Morgan fingerprint density at radius 1 is 1.22 bits per heavy atom. The topological polar surface area (TPSA) is 103 Å². The van der Waals surface area contributed by atoms with Crippen molar-refractivity contribution < 1.29 is 14.1 Å². The van der Waals surface area contributed by atoms with Gasteiger partial charge < -0.3 is 15.8 Å². The van der Waals surface area contributed by atoms with Gasteiger partial charge in [-0.3, -0.25) is 14.0 Å². The second-order valence-electron chi connectivity index (χ2n) is 7.55. The Labute approximate surface area is 185 Å². The number of rotatable bonds is 6. The number of fused-ring (bicyclic) bond motifs is 2. The molecule has 3 heterocycles. The normalized spacial score (nSPS) is 11.1. The van der Waals surface area contributed by atoms with E-state index in [1.165, 1.54) is 10.5 Å². The highest BCUT2D eigenvalue weighted by atomic mass is 16.5. The van der Waals surface area contributed by atoms with Crippen LogP contribution < -0.4 is 25.9 Å². The van der Waals surface area contributed by atoms with Crippen molar-refractivity contribution in [2.75, 3.05) is 17.7 Å². The third-order valence-corrected chi connectivity index (χ3v) is 5.29. The van der Waals surface area contributed by atoms with E-state index in [2.05, 4.69) is 5.32 Å². The van der Waals surface area contributed by atoms with Gasteiger partial charge >= 0.3 is 0 Å². The minimum atomic E-state index is -0.396. The predicted molar refractivity (Wildman–Crippen MR) is 124 cm³/mol. The number of nitrogens with zero attached hydrogens (tertiary/aromatic N) is 3. The number of hydrogen-bond acceptors (Lipinski definition) is 5. The number of pyridine rings is 2. The van der Waals surface area contributed by atoms with E-state index in [1.54, 1.807) is 41.1 Å². The maximum absolute atomic E-state index is 13.3. The van der Waals surface area contributed by atoms with Gasteiger partial charge in [0.25, 0.3) is 17.1 Å². The first kappa shape index (κ1) is 21.3. The molecule has 32 heavy (non-hydrogen) atoms. The molecule has 3 aromatic heterocycles. The molecule has 3 N–H and O–H groups in total. The summed E-state index contributed by atoms with van der Waals surface area (Å²) in [5.41, 5.74) is 8.93. The third-order valence-electron chi connectivity index (χ3n) is 5.29. The summed E-state index contributed by atoms with van der Waals surface area (Å²) in [7, 11) is 0. The van der Waals surface area contributed by atoms with E-state index < -0.39 is 5.91 Å². The number of nitrogen functional groups attached to an aromatic ring is 1. The summed E-state index contributed by atoms with van der Waals surface area (Å²) in [6.07, 6.45) is 2.44. The SMILES string of the molecule is CCC[n+]1c(N)c(C(=O)Nc2ccc(OCC)cc2)cc2c(=O)n3cccc(C)c3nc21. The smallest absolute Gasteiger partial charge is 0.278 e. The molecule has 0 saturated heterocycles. The van der Waals surface area contributed by atoms with Crippen molar-refractivity contribution in [3.05, 3.63) is 70.1 Å². The van der Waals surface area contributed by atoms with Crippen molar-refractivity contribution in [2.45, 2.75) is 33.7 Å². The zero-order chi connectivity index (χ0) is 22.8. The van der Waals surface area contributed by atoms with Crippen LogP contribution in [0.3, 0.4) is 0 Å². The zero-order valence-corrected chi connectivity index (χ0v) is 18.4. The number of nitrogens with two attached hydrogens (primary N) is 1. The Kier molecular flexibility index (Phi) is 5.77. The number of amides is 1. The van der Waals surface area contributed by atoms with Crippen molar-refractivity contribution in [3.8, 4) is 5.75 Å². The van der Waals surface area contributed by atoms with E-state index >= 15 is 0 Å². The van der Waals surface area contributed by atoms with Crippen molar-refractivity contribution in [1.82, 2.24) is 9.38 Å². The molecule has 1 aromatic carbocycles. The number of carbonyl (C=O) groups excluding carboxylic acids is 1. The van der Waals surface area contributed by atoms with E-state index in [0.29, 0.717) is 35.5 Å². The number of anilines is 2. The predicted octanol–water partition coefficient (Wildman–Crippen LogP) is 3.09. The van der Waals surface area contributed by atoms with E-state index in [0.717, 1.165) is 17.7 Å². The van der Waals surface area contributed by atoms with Crippen LogP contribution in [0.4, 0.5) is 11.5 Å². The van der Waals surface area contributed by atoms with Crippen LogP contribution in [0.25, 0.3) is 16.7 Å². The molecule has 4 rings (SSSR count). The van der Waals surface area contributed by atoms with Gasteiger partial charge in [-0.05, 0) is 56.7 Å². The number of carbonyl (C=O) groups is 1. The molecule has 0 spiro atoms. The molecule has 0 saturated carbocycles. The number of aromatic nitrogens is 3. The molecule has 8 heteroatoms. The van der Waals surface area contributed by atoms with Crippen LogP contribution in [-0.4, -0.2) is 21.9 Å². The van der Waals surface area contributed by atoms with Gasteiger partial charge in [0.2, 0.25) is 11.5 Å². The molecular weight excluding hydrogens is 406 g/mol. The molecule has 0 aliphatic heterocycles. The Bertz CT molecular complexity index is 1380. The van der Waals surface area contributed by atoms with Gasteiger partial charge in [-0.25, -0.2) is 4.57 Å². The molecular formula is C24H26N5O3+. The second kappa shape index (κ2) is 8.66. The lowest BCUT2D eigenvalue weighted by atomic mass is 10.1. The van der Waals surface area contributed by atoms with Crippen LogP contribution in [0.1, 0.15) is 36.2 Å². The van der Waals surface area contributed by atoms with Crippen molar-refractivity contribution in [1.29, 1.82) is 0 Å². The van der Waals surface area contributed by atoms with Crippen LogP contribution in [0.5, 0.6) is 5.75 Å². The molecule has 0 bridgehead atoms. The van der Waals surface area contributed by atoms with E-state index in [1.807, 2.05) is 26.8 Å². The van der Waals surface area contributed by atoms with Gasteiger partial charge in [-0.1, -0.05) is 18.0 Å². The summed E-state index contributed by atoms with van der Waals surface area (Å²) < 4.78 is 8.68. The fourth-order valence-corrected chi connectivity index (χ4v) is 3.74. The van der Waals surface area contributed by atoms with Crippen LogP contribution in [0, 0.1) is 6.92 Å². The molecule has 0 radical (unpaired) electrons. The molecule has 8 nitrogen and oxygen atoms in total. The Morgan fingerprint density at radius 3 is 2.66 bits per heavy atom. The quantitative estimate of drug-likeness (QED) is 0.360. The lowest BCUT2D eigenvalue weighted by Crippen LogP contribution is -2.42. The van der Waals surface area contributed by atoms with Crippen LogP contribution in [0.15, 0.2) is 53.5 Å². The maximum atomic E-state index is 13.3. The largest absolute Gasteiger partial charge is 0.494 e. The van der Waals surface area contributed by atoms with Gasteiger partial charge in [0, 0.05) is 17.4 Å². The summed E-state index contributed by atoms with van der Waals surface area (Å²) in [4.78, 5) is 31.1. The van der Waals surface area contributed by atoms with E-state index in [4.69, 9.17) is 15.5 Å². The number of ether oxygens (including phenoxy) is 1. The van der Waals surface area contributed by atoms with Gasteiger partial charge in [0.15, 0.2) is 0 Å².